The van der Waals surface area contributed by atoms with E-state index in [1.165, 1.54) is 25.7 Å². The van der Waals surface area contributed by atoms with E-state index in [0.29, 0.717) is 17.4 Å². The fourth-order valence-electron chi connectivity index (χ4n) is 3.46. The molecule has 1 aliphatic heterocycles. The monoisotopic (exact) mass is 224 g/mol. The second kappa shape index (κ2) is 3.65. The Labute approximate surface area is 99.4 Å². The SMILES string of the molecule is BC1(C)CCCCC2C1N(C)C(=S)N2C. The molecule has 3 atom stereocenters. The van der Waals surface area contributed by atoms with E-state index >= 15 is 0 Å². The van der Waals surface area contributed by atoms with Gasteiger partial charge < -0.3 is 9.80 Å². The predicted molar refractivity (Wildman–Crippen MR) is 71.1 cm³/mol. The summed E-state index contributed by atoms with van der Waals surface area (Å²) in [4.78, 5) is 4.64. The highest BCUT2D eigenvalue weighted by atomic mass is 32.1. The van der Waals surface area contributed by atoms with Crippen molar-refractivity contribution in [3.63, 3.8) is 0 Å². The quantitative estimate of drug-likeness (QED) is 0.452. The lowest BCUT2D eigenvalue weighted by Gasteiger charge is -2.37. The lowest BCUT2D eigenvalue weighted by Crippen LogP contribution is -2.43. The highest BCUT2D eigenvalue weighted by Crippen LogP contribution is 2.45. The summed E-state index contributed by atoms with van der Waals surface area (Å²) in [6.07, 6.45) is 5.35. The van der Waals surface area contributed by atoms with Crippen LogP contribution in [0.2, 0.25) is 5.31 Å². The van der Waals surface area contributed by atoms with Crippen molar-refractivity contribution in [3.05, 3.63) is 0 Å². The van der Waals surface area contributed by atoms with Crippen molar-refractivity contribution < 1.29 is 0 Å². The van der Waals surface area contributed by atoms with Crippen LogP contribution < -0.4 is 0 Å². The Morgan fingerprint density at radius 2 is 2.00 bits per heavy atom. The van der Waals surface area contributed by atoms with Gasteiger partial charge in [0.05, 0.1) is 6.04 Å². The largest absolute Gasteiger partial charge is 0.347 e. The summed E-state index contributed by atoms with van der Waals surface area (Å²) >= 11 is 5.48. The first-order valence-corrected chi connectivity index (χ1v) is 6.35. The van der Waals surface area contributed by atoms with E-state index in [2.05, 4.69) is 38.7 Å². The Hall–Kier alpha value is -0.245. The second-order valence-electron chi connectivity index (χ2n) is 5.75. The summed E-state index contributed by atoms with van der Waals surface area (Å²) in [7, 11) is 6.72. The summed E-state index contributed by atoms with van der Waals surface area (Å²) in [5, 5.41) is 1.42. The van der Waals surface area contributed by atoms with E-state index in [-0.39, 0.29) is 0 Å². The first kappa shape index (κ1) is 11.2. The summed E-state index contributed by atoms with van der Waals surface area (Å²) in [6, 6.07) is 1.25. The molecule has 0 aromatic carbocycles. The van der Waals surface area contributed by atoms with Crippen LogP contribution in [0.15, 0.2) is 0 Å². The van der Waals surface area contributed by atoms with Gasteiger partial charge in [-0.25, -0.2) is 0 Å². The lowest BCUT2D eigenvalue weighted by atomic mass is 9.61. The lowest BCUT2D eigenvalue weighted by molar-refractivity contribution is 0.247. The molecule has 2 rings (SSSR count). The predicted octanol–water partition coefficient (Wildman–Crippen LogP) is 1.27. The fraction of sp³-hybridized carbons (Fsp3) is 0.909. The van der Waals surface area contributed by atoms with Crippen LogP contribution >= 0.6 is 12.2 Å². The van der Waals surface area contributed by atoms with Crippen molar-refractivity contribution >= 4 is 25.2 Å². The molecule has 4 heteroatoms. The Bertz CT molecular complexity index is 280. The maximum atomic E-state index is 5.48. The van der Waals surface area contributed by atoms with E-state index in [4.69, 9.17) is 12.2 Å². The van der Waals surface area contributed by atoms with Gasteiger partial charge in [-0.05, 0) is 24.0 Å². The topological polar surface area (TPSA) is 6.48 Å². The van der Waals surface area contributed by atoms with Crippen molar-refractivity contribution in [2.45, 2.75) is 50.0 Å². The molecule has 0 amide bonds. The Kier molecular flexibility index (Phi) is 2.74. The minimum atomic E-state index is 0.394. The molecule has 1 saturated heterocycles. The summed E-state index contributed by atoms with van der Waals surface area (Å²) in [5.41, 5.74) is 0. The average molecular weight is 224 g/mol. The molecule has 3 unspecified atom stereocenters. The molecule has 2 fully saturated rings. The molecular formula is C11H21BN2S. The van der Waals surface area contributed by atoms with E-state index in [1.54, 1.807) is 0 Å². The second-order valence-corrected chi connectivity index (χ2v) is 6.12. The third-order valence-electron chi connectivity index (χ3n) is 4.25. The number of hydrogen-bond donors (Lipinski definition) is 0. The van der Waals surface area contributed by atoms with Crippen molar-refractivity contribution in [1.29, 1.82) is 0 Å². The zero-order valence-electron chi connectivity index (χ0n) is 10.3. The average Bonchev–Trinajstić information content (AvgIpc) is 2.35. The van der Waals surface area contributed by atoms with Gasteiger partial charge in [-0.3, -0.25) is 0 Å². The Morgan fingerprint density at radius 3 is 2.67 bits per heavy atom. The third-order valence-corrected chi connectivity index (χ3v) is 4.83. The number of fused-ring (bicyclic) bond motifs is 1. The van der Waals surface area contributed by atoms with Gasteiger partial charge in [0, 0.05) is 20.1 Å². The number of likely N-dealkylation sites (N-methyl/N-ethyl adjacent to an activating group) is 2. The van der Waals surface area contributed by atoms with Crippen LogP contribution in [0.3, 0.4) is 0 Å². The van der Waals surface area contributed by atoms with Crippen LogP contribution in [0.5, 0.6) is 0 Å². The van der Waals surface area contributed by atoms with Crippen LogP contribution in [0.1, 0.15) is 32.6 Å². The van der Waals surface area contributed by atoms with Crippen LogP contribution in [-0.4, -0.2) is 48.9 Å². The molecule has 0 aromatic rings. The van der Waals surface area contributed by atoms with Gasteiger partial charge >= 0.3 is 0 Å². The molecule has 0 N–H and O–H groups in total. The van der Waals surface area contributed by atoms with E-state index < -0.39 is 0 Å². The molecular weight excluding hydrogens is 203 g/mol. The van der Waals surface area contributed by atoms with Gasteiger partial charge in [-0.2, -0.15) is 0 Å². The minimum absolute atomic E-state index is 0.394. The molecule has 15 heavy (non-hydrogen) atoms. The number of rotatable bonds is 0. The molecule has 2 nitrogen and oxygen atoms in total. The summed E-state index contributed by atoms with van der Waals surface area (Å²) < 4.78 is 0. The van der Waals surface area contributed by atoms with Gasteiger partial charge in [0.1, 0.15) is 7.85 Å². The van der Waals surface area contributed by atoms with Crippen molar-refractivity contribution in [3.8, 4) is 0 Å². The molecule has 84 valence electrons. The fourth-order valence-corrected chi connectivity index (χ4v) is 3.71. The molecule has 0 radical (unpaired) electrons. The molecule has 0 aromatic heterocycles. The smallest absolute Gasteiger partial charge is 0.171 e. The third kappa shape index (κ3) is 1.67. The van der Waals surface area contributed by atoms with Crippen LogP contribution in [0.4, 0.5) is 0 Å². The van der Waals surface area contributed by atoms with Crippen molar-refractivity contribution in [2.24, 2.45) is 0 Å². The zero-order valence-corrected chi connectivity index (χ0v) is 11.1. The highest BCUT2D eigenvalue weighted by Gasteiger charge is 2.47. The Balaban J connectivity index is 2.33. The van der Waals surface area contributed by atoms with Crippen LogP contribution in [-0.2, 0) is 0 Å². The number of hydrogen-bond acceptors (Lipinski definition) is 1. The summed E-state index contributed by atoms with van der Waals surface area (Å²) in [5.74, 6) is 0. The van der Waals surface area contributed by atoms with Gasteiger partial charge in [0.25, 0.3) is 0 Å². The molecule has 1 heterocycles. The first-order chi connectivity index (χ1) is 6.95. The summed E-state index contributed by atoms with van der Waals surface area (Å²) in [6.45, 7) is 2.40. The van der Waals surface area contributed by atoms with Gasteiger partial charge in [0.15, 0.2) is 5.11 Å². The zero-order chi connectivity index (χ0) is 11.2. The van der Waals surface area contributed by atoms with E-state index in [9.17, 15) is 0 Å². The standard InChI is InChI=1S/C11H21BN2S/c1-11(12)7-5-4-6-8-9(11)14(3)10(15)13(8)2/h8-9H,4-7,12H2,1-3H3. The molecule has 0 bridgehead atoms. The molecule has 1 aliphatic carbocycles. The van der Waals surface area contributed by atoms with E-state index in [1.807, 2.05) is 0 Å². The van der Waals surface area contributed by atoms with Crippen LogP contribution in [0, 0.1) is 0 Å². The highest BCUT2D eigenvalue weighted by molar-refractivity contribution is 7.80. The van der Waals surface area contributed by atoms with Crippen molar-refractivity contribution in [1.82, 2.24) is 9.80 Å². The van der Waals surface area contributed by atoms with Crippen molar-refractivity contribution in [2.75, 3.05) is 14.1 Å². The number of nitrogens with zero attached hydrogens (tertiary/aromatic N) is 2. The van der Waals surface area contributed by atoms with Gasteiger partial charge in [-0.1, -0.05) is 26.2 Å². The van der Waals surface area contributed by atoms with E-state index in [0.717, 1.165) is 5.11 Å². The van der Waals surface area contributed by atoms with Gasteiger partial charge in [0.2, 0.25) is 0 Å². The maximum absolute atomic E-state index is 5.48. The van der Waals surface area contributed by atoms with Crippen LogP contribution in [0.25, 0.3) is 0 Å². The Morgan fingerprint density at radius 1 is 1.33 bits per heavy atom. The molecule has 1 saturated carbocycles. The minimum Gasteiger partial charge on any atom is -0.347 e. The first-order valence-electron chi connectivity index (χ1n) is 5.95. The number of thiocarbonyl (C=S) groups is 1. The normalized spacial score (nSPS) is 41.7. The molecule has 0 spiro atoms. The maximum Gasteiger partial charge on any atom is 0.171 e. The van der Waals surface area contributed by atoms with Gasteiger partial charge in [-0.15, -0.1) is 0 Å². The molecule has 2 aliphatic rings.